The Bertz CT molecular complexity index is 1210. The molecule has 31 heavy (non-hydrogen) atoms. The van der Waals surface area contributed by atoms with Crippen LogP contribution >= 0.6 is 0 Å². The highest BCUT2D eigenvalue weighted by molar-refractivity contribution is 6.22. The summed E-state index contributed by atoms with van der Waals surface area (Å²) in [6.07, 6.45) is 1.56. The molecule has 3 N–H and O–H groups in total. The quantitative estimate of drug-likeness (QED) is 0.415. The molecule has 158 valence electrons. The summed E-state index contributed by atoms with van der Waals surface area (Å²) in [6, 6.07) is 9.33. The van der Waals surface area contributed by atoms with Crippen LogP contribution in [-0.4, -0.2) is 57.6 Å². The molecule has 0 fully saturated rings. The molecule has 4 amide bonds. The number of aromatic nitrogens is 2. The average molecular weight is 419 g/mol. The summed E-state index contributed by atoms with van der Waals surface area (Å²) in [6.45, 7) is 3.96. The van der Waals surface area contributed by atoms with E-state index in [9.17, 15) is 19.2 Å². The van der Waals surface area contributed by atoms with Crippen LogP contribution in [0.3, 0.4) is 0 Å². The summed E-state index contributed by atoms with van der Waals surface area (Å²) < 4.78 is 0. The monoisotopic (exact) mass is 419 g/mol. The van der Waals surface area contributed by atoms with E-state index in [2.05, 4.69) is 20.6 Å². The van der Waals surface area contributed by atoms with Gasteiger partial charge in [-0.05, 0) is 50.2 Å². The van der Waals surface area contributed by atoms with E-state index in [0.29, 0.717) is 11.1 Å². The van der Waals surface area contributed by atoms with Crippen molar-refractivity contribution >= 4 is 34.7 Å². The molecular formula is C22H21N5O4. The third-order valence-corrected chi connectivity index (χ3v) is 5.08. The number of H-pyrrole nitrogens is 1. The van der Waals surface area contributed by atoms with Crippen molar-refractivity contribution < 1.29 is 19.2 Å². The lowest BCUT2D eigenvalue weighted by Crippen LogP contribution is -2.36. The van der Waals surface area contributed by atoms with Gasteiger partial charge in [0.1, 0.15) is 0 Å². The molecule has 0 bridgehead atoms. The highest BCUT2D eigenvalue weighted by Crippen LogP contribution is 2.25. The fourth-order valence-corrected chi connectivity index (χ4v) is 3.50. The van der Waals surface area contributed by atoms with Gasteiger partial charge in [0.15, 0.2) is 0 Å². The number of rotatable bonds is 6. The van der Waals surface area contributed by atoms with Crippen LogP contribution in [0.1, 0.15) is 55.3 Å². The van der Waals surface area contributed by atoms with Gasteiger partial charge >= 0.3 is 0 Å². The van der Waals surface area contributed by atoms with E-state index in [1.807, 2.05) is 0 Å². The second-order valence-corrected chi connectivity index (χ2v) is 7.48. The molecule has 9 nitrogen and oxygen atoms in total. The van der Waals surface area contributed by atoms with Gasteiger partial charge in [-0.15, -0.1) is 0 Å². The Morgan fingerprint density at radius 3 is 2.23 bits per heavy atom. The summed E-state index contributed by atoms with van der Waals surface area (Å²) in [5.41, 5.74) is 2.84. The Balaban J connectivity index is 1.33. The first kappa shape index (κ1) is 20.3. The Morgan fingerprint density at radius 2 is 1.55 bits per heavy atom. The summed E-state index contributed by atoms with van der Waals surface area (Å²) >= 11 is 0. The van der Waals surface area contributed by atoms with Crippen molar-refractivity contribution in [2.24, 2.45) is 0 Å². The van der Waals surface area contributed by atoms with Gasteiger partial charge < -0.3 is 15.6 Å². The van der Waals surface area contributed by atoms with Gasteiger partial charge in [-0.3, -0.25) is 24.1 Å². The minimum absolute atomic E-state index is 0.207. The Hall–Kier alpha value is -4.01. The van der Waals surface area contributed by atoms with Crippen LogP contribution in [-0.2, 0) is 0 Å². The fourth-order valence-electron chi connectivity index (χ4n) is 3.50. The number of imide groups is 1. The van der Waals surface area contributed by atoms with Crippen LogP contribution in [0.25, 0.3) is 11.0 Å². The van der Waals surface area contributed by atoms with Crippen LogP contribution in [0.4, 0.5) is 0 Å². The predicted octanol–water partition coefficient (Wildman–Crippen LogP) is 1.73. The number of carbonyl (C=O) groups excluding carboxylic acids is 4. The van der Waals surface area contributed by atoms with Crippen molar-refractivity contribution in [3.63, 3.8) is 0 Å². The molecule has 0 unspecified atom stereocenters. The van der Waals surface area contributed by atoms with Gasteiger partial charge in [0.2, 0.25) is 0 Å². The minimum Gasteiger partial charge on any atom is -0.350 e. The second kappa shape index (κ2) is 8.02. The molecule has 0 spiro atoms. The lowest BCUT2D eigenvalue weighted by molar-refractivity contribution is 0.0608. The number of nitrogens with one attached hydrogen (secondary N) is 3. The molecule has 1 aliphatic rings. The zero-order valence-electron chi connectivity index (χ0n) is 17.1. The largest absolute Gasteiger partial charge is 0.350 e. The number of benzene rings is 2. The third kappa shape index (κ3) is 3.77. The lowest BCUT2D eigenvalue weighted by atomic mass is 10.1. The Morgan fingerprint density at radius 1 is 0.935 bits per heavy atom. The Labute approximate surface area is 177 Å². The highest BCUT2D eigenvalue weighted by Gasteiger charge is 2.37. The zero-order valence-corrected chi connectivity index (χ0v) is 17.1. The number of hydrogen-bond acceptors (Lipinski definition) is 5. The molecule has 0 radical (unpaired) electrons. The minimum atomic E-state index is -0.397. The van der Waals surface area contributed by atoms with Crippen LogP contribution in [0.2, 0.25) is 0 Å². The van der Waals surface area contributed by atoms with Crippen LogP contribution in [0.5, 0.6) is 0 Å². The van der Waals surface area contributed by atoms with Crippen LogP contribution in [0, 0.1) is 0 Å². The van der Waals surface area contributed by atoms with Crippen molar-refractivity contribution in [1.82, 2.24) is 25.5 Å². The first-order valence-corrected chi connectivity index (χ1v) is 9.88. The molecule has 0 aliphatic carbocycles. The molecule has 1 aliphatic heterocycles. The van der Waals surface area contributed by atoms with Gasteiger partial charge in [-0.2, -0.15) is 0 Å². The van der Waals surface area contributed by atoms with Crippen LogP contribution < -0.4 is 10.6 Å². The average Bonchev–Trinajstić information content (AvgIpc) is 3.32. The molecule has 0 saturated carbocycles. The molecule has 9 heteroatoms. The topological polar surface area (TPSA) is 124 Å². The number of fused-ring (bicyclic) bond motifs is 2. The van der Waals surface area contributed by atoms with E-state index in [0.717, 1.165) is 11.0 Å². The van der Waals surface area contributed by atoms with Gasteiger partial charge in [0.25, 0.3) is 23.6 Å². The summed E-state index contributed by atoms with van der Waals surface area (Å²) in [7, 11) is 0. The fraction of sp³-hybridized carbons (Fsp3) is 0.227. The molecule has 2 heterocycles. The second-order valence-electron chi connectivity index (χ2n) is 7.48. The first-order chi connectivity index (χ1) is 14.9. The molecule has 1 aromatic heterocycles. The number of nitrogens with zero attached hydrogens (tertiary/aromatic N) is 2. The van der Waals surface area contributed by atoms with E-state index in [4.69, 9.17) is 0 Å². The number of amides is 4. The predicted molar refractivity (Wildman–Crippen MR) is 113 cm³/mol. The van der Waals surface area contributed by atoms with Crippen molar-refractivity contribution in [2.45, 2.75) is 19.9 Å². The highest BCUT2D eigenvalue weighted by atomic mass is 16.2. The van der Waals surface area contributed by atoms with Gasteiger partial charge in [-0.25, -0.2) is 4.98 Å². The van der Waals surface area contributed by atoms with E-state index < -0.39 is 5.91 Å². The smallest absolute Gasteiger partial charge is 0.261 e. The van der Waals surface area contributed by atoms with Crippen molar-refractivity contribution in [1.29, 1.82) is 0 Å². The summed E-state index contributed by atoms with van der Waals surface area (Å²) in [5, 5.41) is 5.44. The molecule has 4 rings (SSSR count). The number of hydrogen-bond donors (Lipinski definition) is 3. The normalized spacial score (nSPS) is 13.1. The number of imidazole rings is 1. The lowest BCUT2D eigenvalue weighted by Gasteiger charge is -2.17. The molecular weight excluding hydrogens is 398 g/mol. The van der Waals surface area contributed by atoms with E-state index in [1.165, 1.54) is 23.1 Å². The SMILES string of the molecule is CC(C)N1C(=O)c2ccc(C(=O)NCCNC(=O)c3ccc4nc[nH]c4c3)cc2C1=O. The molecule has 3 aromatic rings. The maximum Gasteiger partial charge on any atom is 0.261 e. The zero-order chi connectivity index (χ0) is 22.1. The van der Waals surface area contributed by atoms with Gasteiger partial charge in [0.05, 0.1) is 28.5 Å². The molecule has 0 atom stereocenters. The van der Waals surface area contributed by atoms with E-state index in [1.54, 1.807) is 38.4 Å². The van der Waals surface area contributed by atoms with Gasteiger partial charge in [-0.1, -0.05) is 0 Å². The van der Waals surface area contributed by atoms with Gasteiger partial charge in [0, 0.05) is 30.3 Å². The first-order valence-electron chi connectivity index (χ1n) is 9.88. The number of aromatic amines is 1. The third-order valence-electron chi connectivity index (χ3n) is 5.08. The van der Waals surface area contributed by atoms with E-state index >= 15 is 0 Å². The van der Waals surface area contributed by atoms with Crippen molar-refractivity contribution in [2.75, 3.05) is 13.1 Å². The summed E-state index contributed by atoms with van der Waals surface area (Å²) in [5.74, 6) is -1.40. The molecule has 0 saturated heterocycles. The maximum absolute atomic E-state index is 12.5. The number of carbonyl (C=O) groups is 4. The van der Waals surface area contributed by atoms with Crippen LogP contribution in [0.15, 0.2) is 42.7 Å². The van der Waals surface area contributed by atoms with E-state index in [-0.39, 0.29) is 48.0 Å². The molecule has 2 aromatic carbocycles. The van der Waals surface area contributed by atoms with Crippen molar-refractivity contribution in [3.8, 4) is 0 Å². The van der Waals surface area contributed by atoms with Crippen molar-refractivity contribution in [3.05, 3.63) is 65.0 Å². The Kier molecular flexibility index (Phi) is 5.24. The standard InChI is InChI=1S/C22H21N5O4/c1-12(2)27-21(30)15-5-3-13(9-16(15)22(27)31)19(28)23-7-8-24-20(29)14-4-6-17-18(10-14)26-11-25-17/h3-6,9-12H,7-8H2,1-2H3,(H,23,28)(H,24,29)(H,25,26). The maximum atomic E-state index is 12.5. The summed E-state index contributed by atoms with van der Waals surface area (Å²) in [4.78, 5) is 57.8.